The van der Waals surface area contributed by atoms with E-state index in [1.54, 1.807) is 4.90 Å². The van der Waals surface area contributed by atoms with Crippen molar-refractivity contribution in [1.82, 2.24) is 10.2 Å². The van der Waals surface area contributed by atoms with Crippen LogP contribution < -0.4 is 5.32 Å². The molecule has 114 valence electrons. The van der Waals surface area contributed by atoms with Gasteiger partial charge < -0.3 is 15.3 Å². The zero-order valence-electron chi connectivity index (χ0n) is 12.2. The second-order valence-electron chi connectivity index (χ2n) is 5.18. The summed E-state index contributed by atoms with van der Waals surface area (Å²) >= 11 is 0. The molecule has 0 aromatic rings. The van der Waals surface area contributed by atoms with Gasteiger partial charge in [-0.3, -0.25) is 9.59 Å². The highest BCUT2D eigenvalue weighted by molar-refractivity contribution is 5.90. The summed E-state index contributed by atoms with van der Waals surface area (Å²) in [4.78, 5) is 36.8. The van der Waals surface area contributed by atoms with Crippen molar-refractivity contribution in [2.75, 3.05) is 6.54 Å². The smallest absolute Gasteiger partial charge is 0.326 e. The summed E-state index contributed by atoms with van der Waals surface area (Å²) in [6, 6.07) is -1.37. The Balaban J connectivity index is 2.65. The number of carbonyl (C=O) groups is 3. The molecule has 2 unspecified atom stereocenters. The molecule has 1 aliphatic rings. The summed E-state index contributed by atoms with van der Waals surface area (Å²) in [6.07, 6.45) is 3.66. The minimum atomic E-state index is -1.02. The van der Waals surface area contributed by atoms with Crippen LogP contribution in [0.15, 0.2) is 0 Å². The van der Waals surface area contributed by atoms with E-state index in [0.717, 1.165) is 12.8 Å². The third-order valence-electron chi connectivity index (χ3n) is 3.53. The van der Waals surface area contributed by atoms with E-state index >= 15 is 0 Å². The number of hydrogen-bond acceptors (Lipinski definition) is 3. The van der Waals surface area contributed by atoms with Crippen LogP contribution in [-0.4, -0.2) is 46.4 Å². The SMILES string of the molecule is CCCC(=O)N1CCCC1C(=O)NC(CCC)C(=O)O. The Morgan fingerprint density at radius 2 is 2.00 bits per heavy atom. The molecule has 0 aromatic carbocycles. The number of aliphatic carboxylic acids is 1. The normalized spacial score (nSPS) is 19.7. The van der Waals surface area contributed by atoms with Gasteiger partial charge in [-0.05, 0) is 25.7 Å². The maximum absolute atomic E-state index is 12.2. The van der Waals surface area contributed by atoms with Gasteiger partial charge in [0.1, 0.15) is 12.1 Å². The zero-order valence-corrected chi connectivity index (χ0v) is 12.2. The molecule has 2 atom stereocenters. The predicted octanol–water partition coefficient (Wildman–Crippen LogP) is 1.15. The second kappa shape index (κ2) is 7.87. The highest BCUT2D eigenvalue weighted by atomic mass is 16.4. The molecule has 1 saturated heterocycles. The van der Waals surface area contributed by atoms with Crippen molar-refractivity contribution >= 4 is 17.8 Å². The molecule has 0 spiro atoms. The van der Waals surface area contributed by atoms with Crippen molar-refractivity contribution in [2.24, 2.45) is 0 Å². The Morgan fingerprint density at radius 1 is 1.30 bits per heavy atom. The van der Waals surface area contributed by atoms with Gasteiger partial charge in [-0.15, -0.1) is 0 Å². The predicted molar refractivity (Wildman–Crippen MR) is 74.1 cm³/mol. The molecule has 0 saturated carbocycles. The van der Waals surface area contributed by atoms with Gasteiger partial charge in [0.15, 0.2) is 0 Å². The maximum Gasteiger partial charge on any atom is 0.326 e. The number of rotatable bonds is 7. The average Bonchev–Trinajstić information content (AvgIpc) is 2.87. The van der Waals surface area contributed by atoms with Crippen molar-refractivity contribution < 1.29 is 19.5 Å². The summed E-state index contributed by atoms with van der Waals surface area (Å²) < 4.78 is 0. The van der Waals surface area contributed by atoms with Gasteiger partial charge in [-0.25, -0.2) is 4.79 Å². The number of carboxylic acids is 1. The van der Waals surface area contributed by atoms with Crippen LogP contribution in [0.25, 0.3) is 0 Å². The van der Waals surface area contributed by atoms with E-state index in [1.165, 1.54) is 0 Å². The third kappa shape index (κ3) is 4.21. The Bertz CT molecular complexity index is 370. The molecule has 2 N–H and O–H groups in total. The van der Waals surface area contributed by atoms with E-state index in [9.17, 15) is 14.4 Å². The number of hydrogen-bond donors (Lipinski definition) is 2. The number of nitrogens with zero attached hydrogens (tertiary/aromatic N) is 1. The van der Waals surface area contributed by atoms with Crippen molar-refractivity contribution in [1.29, 1.82) is 0 Å². The van der Waals surface area contributed by atoms with E-state index in [0.29, 0.717) is 32.2 Å². The van der Waals surface area contributed by atoms with Gasteiger partial charge in [0.2, 0.25) is 11.8 Å². The molecule has 0 aromatic heterocycles. The van der Waals surface area contributed by atoms with E-state index in [1.807, 2.05) is 13.8 Å². The van der Waals surface area contributed by atoms with Crippen LogP contribution in [0.1, 0.15) is 52.4 Å². The fourth-order valence-corrected chi connectivity index (χ4v) is 2.51. The quantitative estimate of drug-likeness (QED) is 0.734. The van der Waals surface area contributed by atoms with Crippen molar-refractivity contribution in [3.63, 3.8) is 0 Å². The first kappa shape index (κ1) is 16.5. The molecule has 0 radical (unpaired) electrons. The molecule has 1 rings (SSSR count). The van der Waals surface area contributed by atoms with Crippen LogP contribution in [0.3, 0.4) is 0 Å². The number of carboxylic acid groups (broad SMARTS) is 1. The molecule has 6 nitrogen and oxygen atoms in total. The molecule has 0 bridgehead atoms. The minimum absolute atomic E-state index is 0.0208. The molecular formula is C14H24N2O4. The first-order valence-electron chi connectivity index (χ1n) is 7.33. The fraction of sp³-hybridized carbons (Fsp3) is 0.786. The van der Waals surface area contributed by atoms with Crippen LogP contribution in [0.4, 0.5) is 0 Å². The average molecular weight is 284 g/mol. The lowest BCUT2D eigenvalue weighted by Gasteiger charge is -2.25. The zero-order chi connectivity index (χ0) is 15.1. The van der Waals surface area contributed by atoms with Crippen LogP contribution in [-0.2, 0) is 14.4 Å². The Labute approximate surface area is 119 Å². The molecular weight excluding hydrogens is 260 g/mol. The summed E-state index contributed by atoms with van der Waals surface area (Å²) in [5.41, 5.74) is 0. The summed E-state index contributed by atoms with van der Waals surface area (Å²) in [5, 5.41) is 11.6. The Hall–Kier alpha value is -1.59. The van der Waals surface area contributed by atoms with E-state index in [2.05, 4.69) is 5.32 Å². The van der Waals surface area contributed by atoms with Crippen LogP contribution in [0, 0.1) is 0 Å². The number of amides is 2. The van der Waals surface area contributed by atoms with Gasteiger partial charge in [0.05, 0.1) is 0 Å². The molecule has 0 aliphatic carbocycles. The van der Waals surface area contributed by atoms with Crippen LogP contribution in [0.5, 0.6) is 0 Å². The Kier molecular flexibility index (Phi) is 6.48. The second-order valence-corrected chi connectivity index (χ2v) is 5.18. The Morgan fingerprint density at radius 3 is 2.55 bits per heavy atom. The van der Waals surface area contributed by atoms with Crippen LogP contribution in [0.2, 0.25) is 0 Å². The van der Waals surface area contributed by atoms with Crippen molar-refractivity contribution in [2.45, 2.75) is 64.5 Å². The molecule has 1 aliphatic heterocycles. The standard InChI is InChI=1S/C14H24N2O4/c1-3-6-10(14(19)20)15-13(18)11-8-5-9-16(11)12(17)7-4-2/h10-11H,3-9H2,1-2H3,(H,15,18)(H,19,20). The van der Waals surface area contributed by atoms with Gasteiger partial charge in [0.25, 0.3) is 0 Å². The monoisotopic (exact) mass is 284 g/mol. The van der Waals surface area contributed by atoms with E-state index in [-0.39, 0.29) is 11.8 Å². The molecule has 1 fully saturated rings. The lowest BCUT2D eigenvalue weighted by molar-refractivity contribution is -0.144. The van der Waals surface area contributed by atoms with Crippen LogP contribution >= 0.6 is 0 Å². The number of nitrogens with one attached hydrogen (secondary N) is 1. The van der Waals surface area contributed by atoms with Gasteiger partial charge >= 0.3 is 5.97 Å². The summed E-state index contributed by atoms with van der Waals surface area (Å²) in [6.45, 7) is 4.38. The van der Waals surface area contributed by atoms with Gasteiger partial charge in [-0.2, -0.15) is 0 Å². The van der Waals surface area contributed by atoms with E-state index < -0.39 is 18.1 Å². The van der Waals surface area contributed by atoms with E-state index in [4.69, 9.17) is 5.11 Å². The highest BCUT2D eigenvalue weighted by Crippen LogP contribution is 2.19. The van der Waals surface area contributed by atoms with Gasteiger partial charge in [0, 0.05) is 13.0 Å². The number of likely N-dealkylation sites (tertiary alicyclic amines) is 1. The highest BCUT2D eigenvalue weighted by Gasteiger charge is 2.35. The summed E-state index contributed by atoms with van der Waals surface area (Å²) in [7, 11) is 0. The lowest BCUT2D eigenvalue weighted by atomic mass is 10.1. The first-order chi connectivity index (χ1) is 9.51. The first-order valence-corrected chi connectivity index (χ1v) is 7.33. The fourth-order valence-electron chi connectivity index (χ4n) is 2.51. The largest absolute Gasteiger partial charge is 0.480 e. The summed E-state index contributed by atoms with van der Waals surface area (Å²) in [5.74, 6) is -1.38. The molecule has 1 heterocycles. The minimum Gasteiger partial charge on any atom is -0.480 e. The molecule has 2 amide bonds. The maximum atomic E-state index is 12.2. The topological polar surface area (TPSA) is 86.7 Å². The lowest BCUT2D eigenvalue weighted by Crippen LogP contribution is -2.50. The van der Waals surface area contributed by atoms with Crippen molar-refractivity contribution in [3.05, 3.63) is 0 Å². The van der Waals surface area contributed by atoms with Crippen molar-refractivity contribution in [3.8, 4) is 0 Å². The van der Waals surface area contributed by atoms with Gasteiger partial charge in [-0.1, -0.05) is 20.3 Å². The third-order valence-corrected chi connectivity index (χ3v) is 3.53. The number of carbonyl (C=O) groups excluding carboxylic acids is 2. The molecule has 6 heteroatoms. The molecule has 20 heavy (non-hydrogen) atoms.